The highest BCUT2D eigenvalue weighted by molar-refractivity contribution is 5.67. The molecule has 0 aromatic carbocycles. The summed E-state index contributed by atoms with van der Waals surface area (Å²) in [6, 6.07) is 0. The van der Waals surface area contributed by atoms with Gasteiger partial charge in [-0.15, -0.1) is 0 Å². The van der Waals surface area contributed by atoms with E-state index in [2.05, 4.69) is 13.8 Å². The summed E-state index contributed by atoms with van der Waals surface area (Å²) in [7, 11) is 0. The SMILES string of the molecule is CC[C@@H]1C[C@H](CC)C[C@@](CN)(CC(=O)O)C1. The Morgan fingerprint density at radius 3 is 2.12 bits per heavy atom. The van der Waals surface area contributed by atoms with Crippen LogP contribution in [0.3, 0.4) is 0 Å². The van der Waals surface area contributed by atoms with Crippen LogP contribution in [-0.4, -0.2) is 17.6 Å². The molecule has 3 atom stereocenters. The third-order valence-electron chi connectivity index (χ3n) is 4.22. The second kappa shape index (κ2) is 5.67. The van der Waals surface area contributed by atoms with E-state index in [1.54, 1.807) is 0 Å². The number of hydrogen-bond donors (Lipinski definition) is 2. The maximum absolute atomic E-state index is 11.0. The number of aliphatic carboxylic acids is 1. The first kappa shape index (κ1) is 13.5. The molecule has 0 amide bonds. The zero-order chi connectivity index (χ0) is 12.2. The largest absolute Gasteiger partial charge is 0.481 e. The molecule has 3 N–H and O–H groups in total. The van der Waals surface area contributed by atoms with E-state index < -0.39 is 5.97 Å². The first-order chi connectivity index (χ1) is 7.55. The maximum atomic E-state index is 11.0. The zero-order valence-electron chi connectivity index (χ0n) is 10.5. The van der Waals surface area contributed by atoms with Crippen LogP contribution in [0.25, 0.3) is 0 Å². The molecule has 1 rings (SSSR count). The molecule has 1 saturated carbocycles. The summed E-state index contributed by atoms with van der Waals surface area (Å²) in [5.41, 5.74) is 5.72. The fraction of sp³-hybridized carbons (Fsp3) is 0.923. The van der Waals surface area contributed by atoms with Gasteiger partial charge in [-0.2, -0.15) is 0 Å². The Kier molecular flexibility index (Phi) is 4.78. The van der Waals surface area contributed by atoms with Gasteiger partial charge in [0.2, 0.25) is 0 Å². The van der Waals surface area contributed by atoms with E-state index in [0.29, 0.717) is 18.4 Å². The van der Waals surface area contributed by atoms with E-state index in [9.17, 15) is 4.79 Å². The summed E-state index contributed by atoms with van der Waals surface area (Å²) in [5.74, 6) is 0.639. The van der Waals surface area contributed by atoms with Crippen LogP contribution in [0.5, 0.6) is 0 Å². The lowest BCUT2D eigenvalue weighted by atomic mass is 9.63. The van der Waals surface area contributed by atoms with Crippen LogP contribution < -0.4 is 5.73 Å². The van der Waals surface area contributed by atoms with Crippen LogP contribution in [-0.2, 0) is 4.79 Å². The van der Waals surface area contributed by atoms with E-state index in [4.69, 9.17) is 10.8 Å². The number of carbonyl (C=O) groups is 1. The fourth-order valence-corrected chi connectivity index (χ4v) is 3.27. The highest BCUT2D eigenvalue weighted by Gasteiger charge is 2.40. The Bertz CT molecular complexity index is 228. The molecule has 0 aromatic rings. The topological polar surface area (TPSA) is 63.3 Å². The van der Waals surface area contributed by atoms with E-state index in [-0.39, 0.29) is 11.8 Å². The molecule has 3 nitrogen and oxygen atoms in total. The first-order valence-corrected chi connectivity index (χ1v) is 6.47. The van der Waals surface area contributed by atoms with Crippen molar-refractivity contribution < 1.29 is 9.90 Å². The Morgan fingerprint density at radius 1 is 1.31 bits per heavy atom. The molecule has 0 radical (unpaired) electrons. The molecule has 0 unspecified atom stereocenters. The molecule has 0 bridgehead atoms. The van der Waals surface area contributed by atoms with Crippen molar-refractivity contribution >= 4 is 5.97 Å². The zero-order valence-corrected chi connectivity index (χ0v) is 10.5. The summed E-state index contributed by atoms with van der Waals surface area (Å²) in [4.78, 5) is 11.0. The van der Waals surface area contributed by atoms with Gasteiger partial charge < -0.3 is 10.8 Å². The summed E-state index contributed by atoms with van der Waals surface area (Å²) in [6.07, 6.45) is 5.81. The third kappa shape index (κ3) is 3.21. The van der Waals surface area contributed by atoms with Crippen LogP contribution >= 0.6 is 0 Å². The Balaban J connectivity index is 2.77. The summed E-state index contributed by atoms with van der Waals surface area (Å²) in [5, 5.41) is 9.02. The Hall–Kier alpha value is -0.570. The first-order valence-electron chi connectivity index (χ1n) is 6.47. The van der Waals surface area contributed by atoms with Crippen molar-refractivity contribution in [3.8, 4) is 0 Å². The van der Waals surface area contributed by atoms with E-state index in [1.807, 2.05) is 0 Å². The lowest BCUT2D eigenvalue weighted by Gasteiger charge is -2.43. The number of rotatable bonds is 5. The lowest BCUT2D eigenvalue weighted by Crippen LogP contribution is -2.40. The number of carboxylic acid groups (broad SMARTS) is 1. The average molecular weight is 227 g/mol. The highest BCUT2D eigenvalue weighted by Crippen LogP contribution is 2.46. The van der Waals surface area contributed by atoms with Crippen molar-refractivity contribution in [2.45, 2.75) is 52.4 Å². The van der Waals surface area contributed by atoms with Crippen LogP contribution in [0.4, 0.5) is 0 Å². The maximum Gasteiger partial charge on any atom is 0.303 e. The molecule has 0 spiro atoms. The van der Waals surface area contributed by atoms with Crippen molar-refractivity contribution in [3.63, 3.8) is 0 Å². The van der Waals surface area contributed by atoms with Crippen LogP contribution in [0.15, 0.2) is 0 Å². The molecule has 1 fully saturated rings. The molecule has 1 aliphatic carbocycles. The predicted molar refractivity (Wildman–Crippen MR) is 65.2 cm³/mol. The number of nitrogens with two attached hydrogens (primary N) is 1. The molecule has 0 aliphatic heterocycles. The fourth-order valence-electron chi connectivity index (χ4n) is 3.27. The summed E-state index contributed by atoms with van der Waals surface area (Å²) >= 11 is 0. The summed E-state index contributed by atoms with van der Waals surface area (Å²) < 4.78 is 0. The van der Waals surface area contributed by atoms with Gasteiger partial charge in [0.25, 0.3) is 0 Å². The molecule has 3 heteroatoms. The minimum atomic E-state index is -0.697. The van der Waals surface area contributed by atoms with Crippen molar-refractivity contribution in [2.24, 2.45) is 23.0 Å². The van der Waals surface area contributed by atoms with Crippen molar-refractivity contribution in [2.75, 3.05) is 6.54 Å². The minimum absolute atomic E-state index is 0.133. The third-order valence-corrected chi connectivity index (χ3v) is 4.22. The second-order valence-corrected chi connectivity index (χ2v) is 5.47. The van der Waals surface area contributed by atoms with Crippen LogP contribution in [0.2, 0.25) is 0 Å². The van der Waals surface area contributed by atoms with Gasteiger partial charge in [-0.05, 0) is 43.1 Å². The van der Waals surface area contributed by atoms with Crippen molar-refractivity contribution in [1.29, 1.82) is 0 Å². The number of hydrogen-bond acceptors (Lipinski definition) is 2. The van der Waals surface area contributed by atoms with Gasteiger partial charge in [0.15, 0.2) is 0 Å². The molecular weight excluding hydrogens is 202 g/mol. The summed E-state index contributed by atoms with van der Waals surface area (Å²) in [6.45, 7) is 4.92. The molecule has 0 heterocycles. The van der Waals surface area contributed by atoms with E-state index in [1.165, 1.54) is 6.42 Å². The molecular formula is C13H25NO2. The van der Waals surface area contributed by atoms with Crippen molar-refractivity contribution in [1.82, 2.24) is 0 Å². The normalized spacial score (nSPS) is 34.9. The Labute approximate surface area is 98.4 Å². The van der Waals surface area contributed by atoms with Crippen molar-refractivity contribution in [3.05, 3.63) is 0 Å². The van der Waals surface area contributed by atoms with Gasteiger partial charge in [0.1, 0.15) is 0 Å². The quantitative estimate of drug-likeness (QED) is 0.759. The average Bonchev–Trinajstić information content (AvgIpc) is 2.27. The van der Waals surface area contributed by atoms with Gasteiger partial charge in [0, 0.05) is 0 Å². The predicted octanol–water partition coefficient (Wildman–Crippen LogP) is 2.64. The van der Waals surface area contributed by atoms with E-state index >= 15 is 0 Å². The standard InChI is InChI=1S/C13H25NO2/c1-3-10-5-11(4-2)7-13(6-10,9-14)8-12(15)16/h10-11H,3-9,14H2,1-2H3,(H,15,16)/t10-,11+,13-. The second-order valence-electron chi connectivity index (χ2n) is 5.47. The van der Waals surface area contributed by atoms with Crippen LogP contribution in [0, 0.1) is 17.3 Å². The van der Waals surface area contributed by atoms with Gasteiger partial charge in [-0.25, -0.2) is 0 Å². The minimum Gasteiger partial charge on any atom is -0.481 e. The van der Waals surface area contributed by atoms with Gasteiger partial charge in [-0.1, -0.05) is 26.7 Å². The monoisotopic (exact) mass is 227 g/mol. The highest BCUT2D eigenvalue weighted by atomic mass is 16.4. The molecule has 94 valence electrons. The Morgan fingerprint density at radius 2 is 1.81 bits per heavy atom. The molecule has 0 aromatic heterocycles. The molecule has 1 aliphatic rings. The van der Waals surface area contributed by atoms with Crippen LogP contribution in [0.1, 0.15) is 52.4 Å². The molecule has 0 saturated heterocycles. The smallest absolute Gasteiger partial charge is 0.303 e. The lowest BCUT2D eigenvalue weighted by molar-refractivity contribution is -0.140. The van der Waals surface area contributed by atoms with E-state index in [0.717, 1.165) is 25.7 Å². The number of carboxylic acids is 1. The van der Waals surface area contributed by atoms with Gasteiger partial charge in [0.05, 0.1) is 6.42 Å². The van der Waals surface area contributed by atoms with Gasteiger partial charge >= 0.3 is 5.97 Å². The van der Waals surface area contributed by atoms with Gasteiger partial charge in [-0.3, -0.25) is 4.79 Å². The molecule has 16 heavy (non-hydrogen) atoms.